The Morgan fingerprint density at radius 3 is 2.36 bits per heavy atom. The quantitative estimate of drug-likeness (QED) is 0.686. The largest absolute Gasteiger partial charge is 0.314 e. The molecule has 0 aliphatic heterocycles. The monoisotopic (exact) mass is 197 g/mol. The lowest BCUT2D eigenvalue weighted by Gasteiger charge is -2.21. The maximum Gasteiger partial charge on any atom is 0.00874 e. The van der Waals surface area contributed by atoms with Gasteiger partial charge in [0.2, 0.25) is 0 Å². The predicted octanol–water partition coefficient (Wildman–Crippen LogP) is 3.59. The molecule has 0 amide bonds. The van der Waals surface area contributed by atoms with Crippen molar-refractivity contribution in [1.29, 1.82) is 0 Å². The first kappa shape index (κ1) is 12.0. The van der Waals surface area contributed by atoms with Crippen molar-refractivity contribution in [2.45, 2.75) is 65.3 Å². The zero-order valence-electron chi connectivity index (χ0n) is 10.2. The average Bonchev–Trinajstić information content (AvgIpc) is 2.64. The minimum absolute atomic E-state index is 0.733. The van der Waals surface area contributed by atoms with Gasteiger partial charge in [0, 0.05) is 6.04 Å². The SMILES string of the molecule is CCC(NCCC1CCCC1)C(C)C. The Labute approximate surface area is 89.7 Å². The lowest BCUT2D eigenvalue weighted by Crippen LogP contribution is -2.34. The van der Waals surface area contributed by atoms with E-state index < -0.39 is 0 Å². The van der Waals surface area contributed by atoms with E-state index in [0.29, 0.717) is 0 Å². The number of hydrogen-bond acceptors (Lipinski definition) is 1. The fraction of sp³-hybridized carbons (Fsp3) is 1.00. The summed E-state index contributed by atoms with van der Waals surface area (Å²) in [5.41, 5.74) is 0. The Morgan fingerprint density at radius 2 is 1.86 bits per heavy atom. The summed E-state index contributed by atoms with van der Waals surface area (Å²) in [6.45, 7) is 8.15. The molecule has 84 valence electrons. The summed E-state index contributed by atoms with van der Waals surface area (Å²) < 4.78 is 0. The van der Waals surface area contributed by atoms with Crippen molar-refractivity contribution in [3.63, 3.8) is 0 Å². The fourth-order valence-electron chi connectivity index (χ4n) is 2.62. The van der Waals surface area contributed by atoms with Crippen LogP contribution in [0.3, 0.4) is 0 Å². The van der Waals surface area contributed by atoms with Crippen molar-refractivity contribution in [3.8, 4) is 0 Å². The van der Waals surface area contributed by atoms with Crippen molar-refractivity contribution in [1.82, 2.24) is 5.32 Å². The normalized spacial score (nSPS) is 20.6. The Bertz CT molecular complexity index is 136. The maximum absolute atomic E-state index is 3.70. The van der Waals surface area contributed by atoms with E-state index in [0.717, 1.165) is 17.9 Å². The van der Waals surface area contributed by atoms with Crippen LogP contribution in [-0.4, -0.2) is 12.6 Å². The van der Waals surface area contributed by atoms with Crippen LogP contribution in [0.15, 0.2) is 0 Å². The summed E-state index contributed by atoms with van der Waals surface area (Å²) >= 11 is 0. The molecule has 1 nitrogen and oxygen atoms in total. The van der Waals surface area contributed by atoms with Crippen LogP contribution in [0.1, 0.15) is 59.3 Å². The van der Waals surface area contributed by atoms with Crippen LogP contribution in [0.5, 0.6) is 0 Å². The molecule has 1 atom stereocenters. The molecule has 0 heterocycles. The molecule has 0 aromatic heterocycles. The third-order valence-corrected chi connectivity index (χ3v) is 3.68. The zero-order chi connectivity index (χ0) is 10.4. The lowest BCUT2D eigenvalue weighted by molar-refractivity contribution is 0.367. The highest BCUT2D eigenvalue weighted by atomic mass is 14.9. The second-order valence-electron chi connectivity index (χ2n) is 5.15. The van der Waals surface area contributed by atoms with E-state index in [9.17, 15) is 0 Å². The first-order valence-corrected chi connectivity index (χ1v) is 6.47. The molecule has 1 unspecified atom stereocenters. The smallest absolute Gasteiger partial charge is 0.00874 e. The van der Waals surface area contributed by atoms with E-state index in [1.165, 1.54) is 45.1 Å². The Morgan fingerprint density at radius 1 is 1.21 bits per heavy atom. The third-order valence-electron chi connectivity index (χ3n) is 3.68. The van der Waals surface area contributed by atoms with Gasteiger partial charge in [0.1, 0.15) is 0 Å². The summed E-state index contributed by atoms with van der Waals surface area (Å²) in [5.74, 6) is 1.82. The summed E-state index contributed by atoms with van der Waals surface area (Å²) in [7, 11) is 0. The molecule has 1 saturated carbocycles. The molecular formula is C13H27N. The highest BCUT2D eigenvalue weighted by molar-refractivity contribution is 4.72. The summed E-state index contributed by atoms with van der Waals surface area (Å²) in [5, 5.41) is 3.70. The van der Waals surface area contributed by atoms with E-state index in [4.69, 9.17) is 0 Å². The van der Waals surface area contributed by atoms with Crippen molar-refractivity contribution in [2.24, 2.45) is 11.8 Å². The first-order chi connectivity index (χ1) is 6.74. The molecule has 0 aromatic carbocycles. The van der Waals surface area contributed by atoms with Gasteiger partial charge in [0.15, 0.2) is 0 Å². The molecular weight excluding hydrogens is 170 g/mol. The molecule has 0 spiro atoms. The molecule has 0 bridgehead atoms. The minimum Gasteiger partial charge on any atom is -0.314 e. The van der Waals surface area contributed by atoms with Gasteiger partial charge in [-0.25, -0.2) is 0 Å². The molecule has 1 aliphatic carbocycles. The number of hydrogen-bond donors (Lipinski definition) is 1. The van der Waals surface area contributed by atoms with Crippen LogP contribution in [-0.2, 0) is 0 Å². The molecule has 1 heteroatoms. The van der Waals surface area contributed by atoms with E-state index in [2.05, 4.69) is 26.1 Å². The molecule has 0 saturated heterocycles. The standard InChI is InChI=1S/C13H27N/c1-4-13(11(2)3)14-10-9-12-7-5-6-8-12/h11-14H,4-10H2,1-3H3. The van der Waals surface area contributed by atoms with Gasteiger partial charge in [0.05, 0.1) is 0 Å². The lowest BCUT2D eigenvalue weighted by atomic mass is 10.00. The van der Waals surface area contributed by atoms with Crippen LogP contribution >= 0.6 is 0 Å². The first-order valence-electron chi connectivity index (χ1n) is 6.47. The van der Waals surface area contributed by atoms with Crippen molar-refractivity contribution >= 4 is 0 Å². The van der Waals surface area contributed by atoms with Crippen LogP contribution in [0, 0.1) is 11.8 Å². The van der Waals surface area contributed by atoms with Crippen LogP contribution in [0.4, 0.5) is 0 Å². The van der Waals surface area contributed by atoms with E-state index in [1.807, 2.05) is 0 Å². The Kier molecular flexibility index (Phi) is 5.54. The molecule has 0 aromatic rings. The fourth-order valence-corrected chi connectivity index (χ4v) is 2.62. The molecule has 1 aliphatic rings. The Balaban J connectivity index is 2.06. The van der Waals surface area contributed by atoms with Gasteiger partial charge in [-0.05, 0) is 31.2 Å². The number of rotatable bonds is 6. The average molecular weight is 197 g/mol. The minimum atomic E-state index is 0.733. The van der Waals surface area contributed by atoms with Crippen LogP contribution in [0.25, 0.3) is 0 Å². The van der Waals surface area contributed by atoms with Gasteiger partial charge in [0.25, 0.3) is 0 Å². The van der Waals surface area contributed by atoms with E-state index in [-0.39, 0.29) is 0 Å². The van der Waals surface area contributed by atoms with E-state index in [1.54, 1.807) is 0 Å². The highest BCUT2D eigenvalue weighted by Crippen LogP contribution is 2.27. The molecule has 1 rings (SSSR count). The molecule has 0 radical (unpaired) electrons. The highest BCUT2D eigenvalue weighted by Gasteiger charge is 2.15. The summed E-state index contributed by atoms with van der Waals surface area (Å²) in [6, 6.07) is 0.733. The van der Waals surface area contributed by atoms with Crippen molar-refractivity contribution in [3.05, 3.63) is 0 Å². The predicted molar refractivity (Wildman–Crippen MR) is 63.5 cm³/mol. The van der Waals surface area contributed by atoms with Gasteiger partial charge in [-0.3, -0.25) is 0 Å². The second kappa shape index (κ2) is 6.44. The third kappa shape index (κ3) is 4.00. The van der Waals surface area contributed by atoms with Crippen molar-refractivity contribution < 1.29 is 0 Å². The van der Waals surface area contributed by atoms with Crippen molar-refractivity contribution in [2.75, 3.05) is 6.54 Å². The van der Waals surface area contributed by atoms with Gasteiger partial charge >= 0.3 is 0 Å². The van der Waals surface area contributed by atoms with Gasteiger partial charge in [-0.1, -0.05) is 46.5 Å². The van der Waals surface area contributed by atoms with Gasteiger partial charge in [-0.2, -0.15) is 0 Å². The van der Waals surface area contributed by atoms with E-state index >= 15 is 0 Å². The zero-order valence-corrected chi connectivity index (χ0v) is 10.2. The number of nitrogens with one attached hydrogen (secondary N) is 1. The summed E-state index contributed by atoms with van der Waals surface area (Å²) in [4.78, 5) is 0. The molecule has 1 N–H and O–H groups in total. The van der Waals surface area contributed by atoms with Gasteiger partial charge in [-0.15, -0.1) is 0 Å². The summed E-state index contributed by atoms with van der Waals surface area (Å²) in [6.07, 6.45) is 8.60. The second-order valence-corrected chi connectivity index (χ2v) is 5.15. The van der Waals surface area contributed by atoms with Crippen LogP contribution < -0.4 is 5.32 Å². The maximum atomic E-state index is 3.70. The topological polar surface area (TPSA) is 12.0 Å². The van der Waals surface area contributed by atoms with Gasteiger partial charge < -0.3 is 5.32 Å². The molecule has 14 heavy (non-hydrogen) atoms. The van der Waals surface area contributed by atoms with Crippen LogP contribution in [0.2, 0.25) is 0 Å². The Hall–Kier alpha value is -0.0400. The molecule has 1 fully saturated rings.